The van der Waals surface area contributed by atoms with Crippen LogP contribution < -0.4 is 0 Å². The Labute approximate surface area is 141 Å². The molecule has 7 nitrogen and oxygen atoms in total. The van der Waals surface area contributed by atoms with E-state index in [1.54, 1.807) is 20.8 Å². The number of aromatic nitrogens is 1. The molecule has 0 bridgehead atoms. The quantitative estimate of drug-likeness (QED) is 0.889. The summed E-state index contributed by atoms with van der Waals surface area (Å²) >= 11 is 0. The lowest BCUT2D eigenvalue weighted by atomic mass is 10.2. The van der Waals surface area contributed by atoms with Crippen LogP contribution in [0.25, 0.3) is 0 Å². The molecule has 134 valence electrons. The number of ether oxygens (including phenoxy) is 1. The fraction of sp³-hybridized carbons (Fsp3) is 0.706. The lowest BCUT2D eigenvalue weighted by Crippen LogP contribution is -2.43. The second-order valence-corrected chi connectivity index (χ2v) is 7.31. The number of likely N-dealkylation sites (tertiary alicyclic amines) is 1. The first kappa shape index (κ1) is 18.3. The minimum Gasteiger partial charge on any atom is -0.480 e. The van der Waals surface area contributed by atoms with E-state index in [2.05, 4.69) is 5.16 Å². The second kappa shape index (κ2) is 7.23. The zero-order valence-corrected chi connectivity index (χ0v) is 14.7. The van der Waals surface area contributed by atoms with E-state index in [4.69, 9.17) is 14.4 Å². The van der Waals surface area contributed by atoms with Gasteiger partial charge in [0.15, 0.2) is 0 Å². The number of amides is 1. The molecule has 0 radical (unpaired) electrons. The molecule has 1 aliphatic heterocycles. The average Bonchev–Trinajstić information content (AvgIpc) is 3.01. The molecule has 3 rings (SSSR count). The van der Waals surface area contributed by atoms with Gasteiger partial charge in [0.1, 0.15) is 17.4 Å². The number of rotatable bonds is 2. The van der Waals surface area contributed by atoms with Gasteiger partial charge < -0.3 is 14.4 Å². The van der Waals surface area contributed by atoms with Gasteiger partial charge in [0.25, 0.3) is 0 Å². The van der Waals surface area contributed by atoms with Crippen LogP contribution in [0, 0.1) is 6.92 Å². The van der Waals surface area contributed by atoms with E-state index in [0.29, 0.717) is 18.9 Å². The van der Waals surface area contributed by atoms with Crippen LogP contribution >= 0.6 is 0 Å². The van der Waals surface area contributed by atoms with E-state index in [1.807, 2.05) is 13.0 Å². The van der Waals surface area contributed by atoms with Gasteiger partial charge in [0, 0.05) is 18.5 Å². The number of hydrogen-bond donors (Lipinski definition) is 1. The number of aliphatic carboxylic acids is 1. The summed E-state index contributed by atoms with van der Waals surface area (Å²) in [7, 11) is 0. The Kier molecular flexibility index (Phi) is 5.51. The summed E-state index contributed by atoms with van der Waals surface area (Å²) < 4.78 is 10.2. The van der Waals surface area contributed by atoms with E-state index in [0.717, 1.165) is 17.9 Å². The van der Waals surface area contributed by atoms with Crippen molar-refractivity contribution in [3.63, 3.8) is 0 Å². The molecule has 1 aliphatic carbocycles. The molecule has 1 unspecified atom stereocenters. The molecule has 2 heterocycles. The van der Waals surface area contributed by atoms with Gasteiger partial charge >= 0.3 is 12.1 Å². The Bertz CT molecular complexity index is 586. The van der Waals surface area contributed by atoms with Crippen LogP contribution in [0.4, 0.5) is 4.79 Å². The summed E-state index contributed by atoms with van der Waals surface area (Å²) in [5, 5.41) is 12.7. The molecule has 0 spiro atoms. The molecule has 7 heteroatoms. The van der Waals surface area contributed by atoms with E-state index < -0.39 is 23.7 Å². The van der Waals surface area contributed by atoms with Crippen molar-refractivity contribution in [1.82, 2.24) is 10.1 Å². The third-order valence-corrected chi connectivity index (χ3v) is 3.79. The first-order valence-electron chi connectivity index (χ1n) is 8.33. The van der Waals surface area contributed by atoms with Crippen molar-refractivity contribution in [3.8, 4) is 0 Å². The number of carbonyl (C=O) groups excluding carboxylic acids is 1. The van der Waals surface area contributed by atoms with E-state index in [9.17, 15) is 9.59 Å². The van der Waals surface area contributed by atoms with Crippen LogP contribution in [-0.4, -0.2) is 45.4 Å². The molecule has 1 aromatic heterocycles. The number of carboxylic acids is 1. The van der Waals surface area contributed by atoms with Gasteiger partial charge in [-0.25, -0.2) is 9.59 Å². The van der Waals surface area contributed by atoms with Gasteiger partial charge in [-0.15, -0.1) is 0 Å². The van der Waals surface area contributed by atoms with Crippen LogP contribution in [0.1, 0.15) is 63.8 Å². The average molecular weight is 338 g/mol. The van der Waals surface area contributed by atoms with Crippen molar-refractivity contribution in [2.24, 2.45) is 0 Å². The first-order chi connectivity index (χ1) is 11.2. The molecule has 1 atom stereocenters. The molecule has 1 saturated carbocycles. The highest BCUT2D eigenvalue weighted by atomic mass is 16.6. The molecule has 1 saturated heterocycles. The molecule has 24 heavy (non-hydrogen) atoms. The number of aryl methyl sites for hydroxylation is 1. The van der Waals surface area contributed by atoms with Crippen LogP contribution in [0.15, 0.2) is 10.6 Å². The van der Waals surface area contributed by atoms with Crippen LogP contribution in [0.3, 0.4) is 0 Å². The first-order valence-corrected chi connectivity index (χ1v) is 8.33. The highest BCUT2D eigenvalue weighted by Crippen LogP contribution is 2.40. The third kappa shape index (κ3) is 5.25. The molecule has 2 fully saturated rings. The second-order valence-electron chi connectivity index (χ2n) is 7.31. The zero-order valence-electron chi connectivity index (χ0n) is 14.7. The summed E-state index contributed by atoms with van der Waals surface area (Å²) in [6.07, 6.45) is 3.26. The Morgan fingerprint density at radius 2 is 2.00 bits per heavy atom. The fourth-order valence-corrected chi connectivity index (χ4v) is 2.51. The van der Waals surface area contributed by atoms with Gasteiger partial charge in [-0.2, -0.15) is 0 Å². The maximum absolute atomic E-state index is 11.6. The van der Waals surface area contributed by atoms with Crippen LogP contribution in [0.5, 0.6) is 0 Å². The van der Waals surface area contributed by atoms with Gasteiger partial charge in [-0.3, -0.25) is 4.90 Å². The maximum atomic E-state index is 11.6. The third-order valence-electron chi connectivity index (χ3n) is 3.79. The standard InChI is InChI=1S/C10H17NO4.C7H9NO/c1-10(2,3)15-9(14)11-6-4-5-7(11)8(12)13;1-5-4-7(9-8-5)6-2-3-6/h7H,4-6H2,1-3H3,(H,12,13);4,6H,2-3H2,1H3. The Morgan fingerprint density at radius 3 is 2.46 bits per heavy atom. The minimum atomic E-state index is -0.960. The summed E-state index contributed by atoms with van der Waals surface area (Å²) in [5.41, 5.74) is 0.417. The van der Waals surface area contributed by atoms with Gasteiger partial charge in [0.05, 0.1) is 5.69 Å². The van der Waals surface area contributed by atoms with Crippen molar-refractivity contribution >= 4 is 12.1 Å². The molecule has 1 amide bonds. The predicted octanol–water partition coefficient (Wildman–Crippen LogP) is 3.33. The van der Waals surface area contributed by atoms with Crippen molar-refractivity contribution in [1.29, 1.82) is 0 Å². The topological polar surface area (TPSA) is 92.9 Å². The van der Waals surface area contributed by atoms with Crippen molar-refractivity contribution in [2.75, 3.05) is 6.54 Å². The lowest BCUT2D eigenvalue weighted by Gasteiger charge is -2.26. The Morgan fingerprint density at radius 1 is 1.33 bits per heavy atom. The molecule has 2 aliphatic rings. The zero-order chi connectivity index (χ0) is 17.9. The normalized spacial score (nSPS) is 20.3. The largest absolute Gasteiger partial charge is 0.480 e. The molecule has 1 N–H and O–H groups in total. The number of carboxylic acid groups (broad SMARTS) is 1. The minimum absolute atomic E-state index is 0.464. The highest BCUT2D eigenvalue weighted by Gasteiger charge is 2.36. The van der Waals surface area contributed by atoms with Crippen LogP contribution in [-0.2, 0) is 9.53 Å². The predicted molar refractivity (Wildman–Crippen MR) is 86.8 cm³/mol. The summed E-state index contributed by atoms with van der Waals surface area (Å²) in [4.78, 5) is 23.7. The SMILES string of the molecule is CC(C)(C)OC(=O)N1CCCC1C(=O)O.Cc1cc(C2CC2)on1. The summed E-state index contributed by atoms with van der Waals surface area (Å²) in [6, 6.07) is 1.30. The number of carbonyl (C=O) groups is 2. The molecular formula is C17H26N2O5. The van der Waals surface area contributed by atoms with Crippen molar-refractivity contribution in [3.05, 3.63) is 17.5 Å². The van der Waals surface area contributed by atoms with Crippen molar-refractivity contribution < 1.29 is 24.0 Å². The maximum Gasteiger partial charge on any atom is 0.411 e. The Hall–Kier alpha value is -2.05. The lowest BCUT2D eigenvalue weighted by molar-refractivity contribution is -0.142. The van der Waals surface area contributed by atoms with E-state index in [-0.39, 0.29) is 0 Å². The summed E-state index contributed by atoms with van der Waals surface area (Å²) in [5.74, 6) is 0.817. The number of nitrogens with zero attached hydrogens (tertiary/aromatic N) is 2. The van der Waals surface area contributed by atoms with E-state index in [1.165, 1.54) is 17.7 Å². The van der Waals surface area contributed by atoms with Gasteiger partial charge in [-0.1, -0.05) is 5.16 Å². The molecule has 0 aromatic carbocycles. The smallest absolute Gasteiger partial charge is 0.411 e. The summed E-state index contributed by atoms with van der Waals surface area (Å²) in [6.45, 7) is 7.70. The van der Waals surface area contributed by atoms with Crippen molar-refractivity contribution in [2.45, 2.75) is 70.9 Å². The molecule has 1 aromatic rings. The van der Waals surface area contributed by atoms with Crippen LogP contribution in [0.2, 0.25) is 0 Å². The van der Waals surface area contributed by atoms with E-state index >= 15 is 0 Å². The monoisotopic (exact) mass is 338 g/mol. The number of hydrogen-bond acceptors (Lipinski definition) is 5. The van der Waals surface area contributed by atoms with Gasteiger partial charge in [-0.05, 0) is 53.4 Å². The Balaban J connectivity index is 0.000000194. The fourth-order valence-electron chi connectivity index (χ4n) is 2.51. The highest BCUT2D eigenvalue weighted by molar-refractivity contribution is 5.80. The molecular weight excluding hydrogens is 312 g/mol. The van der Waals surface area contributed by atoms with Gasteiger partial charge in [0.2, 0.25) is 0 Å².